The van der Waals surface area contributed by atoms with Crippen LogP contribution < -0.4 is 16.0 Å². The molecule has 4 rings (SSSR count). The van der Waals surface area contributed by atoms with Crippen LogP contribution in [0.2, 0.25) is 0 Å². The standard InChI is InChI=1S/C25H34F3N7O5/c1-13-4-6-15(7-5-13)21(32-22(36)20-14(2)33-40-34-20)23(37)31-19-10-16(8-9-29-19)17(12-39-3)35-11-18(25(26,27)28)30-24(35)38/h8-10,13,15,17-18,21,23,37H,4-7,11-12H2,1-3H3,(H,29,31)(H,30,38)(H,32,36)/t13?,15?,17?,18-,21-,23?/m0/s1. The van der Waals surface area contributed by atoms with Crippen molar-refractivity contribution in [1.29, 1.82) is 0 Å². The molecule has 4 N–H and O–H groups in total. The number of ether oxygens (including phenoxy) is 1. The van der Waals surface area contributed by atoms with E-state index in [1.54, 1.807) is 13.0 Å². The second-order valence-corrected chi connectivity index (χ2v) is 10.4. The molecule has 0 spiro atoms. The van der Waals surface area contributed by atoms with Crippen LogP contribution in [0.3, 0.4) is 0 Å². The highest BCUT2D eigenvalue weighted by atomic mass is 19.4. The number of rotatable bonds is 10. The Morgan fingerprint density at radius 3 is 2.62 bits per heavy atom. The summed E-state index contributed by atoms with van der Waals surface area (Å²) in [5, 5.41) is 26.3. The number of halogens is 3. The summed E-state index contributed by atoms with van der Waals surface area (Å²) in [4.78, 5) is 30.7. The molecule has 2 unspecified atom stereocenters. The molecule has 0 radical (unpaired) electrons. The lowest BCUT2D eigenvalue weighted by Crippen LogP contribution is -2.52. The summed E-state index contributed by atoms with van der Waals surface area (Å²) in [6.07, 6.45) is -0.981. The van der Waals surface area contributed by atoms with Gasteiger partial charge in [0.2, 0.25) is 0 Å². The van der Waals surface area contributed by atoms with Crippen molar-refractivity contribution in [3.05, 3.63) is 35.3 Å². The largest absolute Gasteiger partial charge is 0.410 e. The minimum absolute atomic E-state index is 0.0185. The van der Waals surface area contributed by atoms with Gasteiger partial charge in [-0.15, -0.1) is 0 Å². The smallest absolute Gasteiger partial charge is 0.382 e. The second kappa shape index (κ2) is 12.4. The Kier molecular flexibility index (Phi) is 9.13. The van der Waals surface area contributed by atoms with E-state index >= 15 is 0 Å². The molecular formula is C25H34F3N7O5. The van der Waals surface area contributed by atoms with Crippen LogP contribution in [0.4, 0.5) is 23.8 Å². The molecule has 2 aliphatic rings. The molecule has 220 valence electrons. The Morgan fingerprint density at radius 2 is 2.02 bits per heavy atom. The highest BCUT2D eigenvalue weighted by Gasteiger charge is 2.48. The molecule has 0 bridgehead atoms. The lowest BCUT2D eigenvalue weighted by molar-refractivity contribution is -0.150. The minimum atomic E-state index is -4.59. The maximum atomic E-state index is 13.3. The quantitative estimate of drug-likeness (QED) is 0.316. The summed E-state index contributed by atoms with van der Waals surface area (Å²) in [6, 6.07) is -1.30. The molecule has 2 aromatic rings. The molecule has 1 saturated heterocycles. The van der Waals surface area contributed by atoms with Crippen molar-refractivity contribution in [3.8, 4) is 0 Å². The van der Waals surface area contributed by atoms with Gasteiger partial charge < -0.3 is 30.7 Å². The van der Waals surface area contributed by atoms with Gasteiger partial charge in [-0.2, -0.15) is 13.2 Å². The van der Waals surface area contributed by atoms with Crippen molar-refractivity contribution in [3.63, 3.8) is 0 Å². The number of aryl methyl sites for hydroxylation is 1. The third-order valence-electron chi connectivity index (χ3n) is 7.57. The van der Waals surface area contributed by atoms with Gasteiger partial charge in [0.1, 0.15) is 23.8 Å². The first-order chi connectivity index (χ1) is 19.0. The average Bonchev–Trinajstić information content (AvgIpc) is 3.52. The summed E-state index contributed by atoms with van der Waals surface area (Å²) in [7, 11) is 1.39. The fourth-order valence-corrected chi connectivity index (χ4v) is 5.27. The predicted molar refractivity (Wildman–Crippen MR) is 135 cm³/mol. The van der Waals surface area contributed by atoms with Crippen LogP contribution in [0.1, 0.15) is 60.4 Å². The van der Waals surface area contributed by atoms with Crippen LogP contribution in [0.15, 0.2) is 23.0 Å². The van der Waals surface area contributed by atoms with Crippen LogP contribution in [0.25, 0.3) is 0 Å². The van der Waals surface area contributed by atoms with Crippen molar-refractivity contribution in [1.82, 2.24) is 30.8 Å². The zero-order valence-corrected chi connectivity index (χ0v) is 22.4. The Labute approximate surface area is 229 Å². The Balaban J connectivity index is 1.53. The highest BCUT2D eigenvalue weighted by molar-refractivity contribution is 5.93. The summed E-state index contributed by atoms with van der Waals surface area (Å²) in [6.45, 7) is 3.11. The van der Waals surface area contributed by atoms with E-state index in [0.29, 0.717) is 17.2 Å². The van der Waals surface area contributed by atoms with Crippen molar-refractivity contribution < 1.29 is 37.2 Å². The van der Waals surface area contributed by atoms with Crippen molar-refractivity contribution in [2.45, 2.75) is 70.1 Å². The van der Waals surface area contributed by atoms with Gasteiger partial charge in [0, 0.05) is 13.3 Å². The Bertz CT molecular complexity index is 1170. The number of carbonyl (C=O) groups is 2. The molecule has 3 heterocycles. The van der Waals surface area contributed by atoms with E-state index in [9.17, 15) is 27.9 Å². The Morgan fingerprint density at radius 1 is 1.30 bits per heavy atom. The number of aliphatic hydroxyl groups excluding tert-OH is 1. The van der Waals surface area contributed by atoms with E-state index in [0.717, 1.165) is 30.6 Å². The van der Waals surface area contributed by atoms with Crippen molar-refractivity contribution in [2.75, 3.05) is 25.6 Å². The molecule has 1 aliphatic heterocycles. The zero-order valence-electron chi connectivity index (χ0n) is 22.4. The number of alkyl halides is 3. The van der Waals surface area contributed by atoms with E-state index in [1.165, 1.54) is 19.4 Å². The number of aliphatic hydroxyl groups is 1. The van der Waals surface area contributed by atoms with Crippen LogP contribution in [-0.2, 0) is 4.74 Å². The third kappa shape index (κ3) is 6.81. The average molecular weight is 570 g/mol. The van der Waals surface area contributed by atoms with Gasteiger partial charge in [-0.1, -0.05) is 24.9 Å². The third-order valence-corrected chi connectivity index (χ3v) is 7.57. The molecule has 2 aromatic heterocycles. The second-order valence-electron chi connectivity index (χ2n) is 10.4. The topological polar surface area (TPSA) is 155 Å². The molecule has 12 nitrogen and oxygen atoms in total. The first-order valence-electron chi connectivity index (χ1n) is 13.1. The fourth-order valence-electron chi connectivity index (χ4n) is 5.27. The summed E-state index contributed by atoms with van der Waals surface area (Å²) >= 11 is 0. The maximum Gasteiger partial charge on any atom is 0.410 e. The van der Waals surface area contributed by atoms with Gasteiger partial charge in [0.05, 0.1) is 25.2 Å². The number of methoxy groups -OCH3 is 1. The summed E-state index contributed by atoms with van der Waals surface area (Å²) in [5.74, 6) is 0.167. The van der Waals surface area contributed by atoms with Gasteiger partial charge in [0.15, 0.2) is 5.69 Å². The van der Waals surface area contributed by atoms with Gasteiger partial charge in [0.25, 0.3) is 5.91 Å². The van der Waals surface area contributed by atoms with E-state index < -0.39 is 49.0 Å². The minimum Gasteiger partial charge on any atom is -0.382 e. The van der Waals surface area contributed by atoms with Crippen LogP contribution in [0, 0.1) is 18.8 Å². The predicted octanol–water partition coefficient (Wildman–Crippen LogP) is 2.77. The normalized spacial score (nSPS) is 23.8. The number of aromatic nitrogens is 3. The lowest BCUT2D eigenvalue weighted by atomic mass is 9.78. The van der Waals surface area contributed by atoms with Crippen LogP contribution in [-0.4, -0.2) is 82.0 Å². The van der Waals surface area contributed by atoms with Crippen molar-refractivity contribution >= 4 is 17.8 Å². The van der Waals surface area contributed by atoms with E-state index in [-0.39, 0.29) is 24.0 Å². The van der Waals surface area contributed by atoms with Crippen LogP contribution >= 0.6 is 0 Å². The SMILES string of the molecule is COCC(c1ccnc(NC(O)[C@@H](NC(=O)c2nonc2C)C2CCC(C)CC2)c1)N1C[C@@H](C(F)(F)F)NC1=O. The number of nitrogens with one attached hydrogen (secondary N) is 3. The summed E-state index contributed by atoms with van der Waals surface area (Å²) in [5.41, 5.74) is 0.791. The molecule has 4 atom stereocenters. The van der Waals surface area contributed by atoms with Gasteiger partial charge in [-0.05, 0) is 54.5 Å². The zero-order chi connectivity index (χ0) is 29.0. The maximum absolute atomic E-state index is 13.3. The Hall–Kier alpha value is -3.46. The molecule has 0 aromatic carbocycles. The number of urea groups is 1. The van der Waals surface area contributed by atoms with Crippen molar-refractivity contribution in [2.24, 2.45) is 11.8 Å². The number of pyridine rings is 1. The van der Waals surface area contributed by atoms with Gasteiger partial charge in [-0.3, -0.25) is 4.79 Å². The summed E-state index contributed by atoms with van der Waals surface area (Å²) < 4.78 is 49.6. The highest BCUT2D eigenvalue weighted by Crippen LogP contribution is 2.33. The van der Waals surface area contributed by atoms with E-state index in [2.05, 4.69) is 37.5 Å². The van der Waals surface area contributed by atoms with E-state index in [1.807, 2.05) is 5.32 Å². The number of hydrogen-bond acceptors (Lipinski definition) is 9. The molecule has 2 fully saturated rings. The molecular weight excluding hydrogens is 535 g/mol. The first-order valence-corrected chi connectivity index (χ1v) is 13.1. The molecule has 1 aliphatic carbocycles. The number of anilines is 1. The fraction of sp³-hybridized carbons (Fsp3) is 0.640. The molecule has 3 amide bonds. The van der Waals surface area contributed by atoms with Gasteiger partial charge >= 0.3 is 12.2 Å². The number of nitrogens with zero attached hydrogens (tertiary/aromatic N) is 4. The number of amides is 3. The van der Waals surface area contributed by atoms with Crippen LogP contribution in [0.5, 0.6) is 0 Å². The monoisotopic (exact) mass is 569 g/mol. The number of hydrogen-bond donors (Lipinski definition) is 4. The first kappa shape index (κ1) is 29.5. The molecule has 40 heavy (non-hydrogen) atoms. The van der Waals surface area contributed by atoms with E-state index in [4.69, 9.17) is 4.74 Å². The number of carbonyl (C=O) groups excluding carboxylic acids is 2. The molecule has 1 saturated carbocycles. The van der Waals surface area contributed by atoms with Gasteiger partial charge in [-0.25, -0.2) is 14.4 Å². The molecule has 15 heteroatoms. The lowest BCUT2D eigenvalue weighted by Gasteiger charge is -2.36.